The molecule has 1 aliphatic carbocycles. The first-order valence-corrected chi connectivity index (χ1v) is 19.6. The third-order valence-corrected chi connectivity index (χ3v) is 9.51. The first-order chi connectivity index (χ1) is 24.5. The maximum absolute atomic E-state index is 13.5. The monoisotopic (exact) mass is 735 g/mol. The van der Waals surface area contributed by atoms with E-state index in [-0.39, 0.29) is 43.2 Å². The van der Waals surface area contributed by atoms with Crippen molar-refractivity contribution in [2.45, 2.75) is 131 Å². The zero-order valence-corrected chi connectivity index (χ0v) is 33.1. The molecule has 3 aliphatic heterocycles. The van der Waals surface area contributed by atoms with Crippen molar-refractivity contribution in [3.05, 3.63) is 48.3 Å². The number of pyridine rings is 2. The van der Waals surface area contributed by atoms with Crippen molar-refractivity contribution in [3.63, 3.8) is 0 Å². The lowest BCUT2D eigenvalue weighted by molar-refractivity contribution is -0.190. The Morgan fingerprint density at radius 3 is 2.31 bits per heavy atom. The quantitative estimate of drug-likeness (QED) is 0.250. The number of fused-ring (bicyclic) bond motifs is 8. The average molecular weight is 736 g/mol. The fourth-order valence-electron chi connectivity index (χ4n) is 6.07. The summed E-state index contributed by atoms with van der Waals surface area (Å²) >= 11 is 1.20. The smallest absolute Gasteiger partial charge is 0.394 e. The van der Waals surface area contributed by atoms with Gasteiger partial charge in [0.1, 0.15) is 11.6 Å². The molecule has 1 amide bonds. The van der Waals surface area contributed by atoms with Gasteiger partial charge in [-0.15, -0.1) is 5.10 Å². The highest BCUT2D eigenvalue weighted by molar-refractivity contribution is 7.98. The number of alkyl halides is 3. The molecule has 2 fully saturated rings. The topological polar surface area (TPSA) is 97.2 Å². The van der Waals surface area contributed by atoms with Crippen LogP contribution < -0.4 is 19.7 Å². The van der Waals surface area contributed by atoms with Gasteiger partial charge < -0.3 is 15.0 Å². The molecule has 4 bridgehead atoms. The minimum absolute atomic E-state index is 0.0658. The predicted octanol–water partition coefficient (Wildman–Crippen LogP) is 10.5. The van der Waals surface area contributed by atoms with Crippen LogP contribution in [0, 0.1) is 11.3 Å². The van der Waals surface area contributed by atoms with Crippen LogP contribution in [0.4, 0.5) is 24.8 Å². The van der Waals surface area contributed by atoms with Crippen LogP contribution in [0.25, 0.3) is 5.82 Å². The Kier molecular flexibility index (Phi) is 17.6. The number of ether oxygens (including phenoxy) is 1. The van der Waals surface area contributed by atoms with Gasteiger partial charge in [0.25, 0.3) is 5.91 Å². The van der Waals surface area contributed by atoms with E-state index in [1.165, 1.54) is 16.6 Å². The number of nitrogens with zero attached hydrogens (tertiary/aromatic N) is 5. The molecular formula is C38H60F3N7O2S. The van der Waals surface area contributed by atoms with Crippen LogP contribution in [0.1, 0.15) is 125 Å². The van der Waals surface area contributed by atoms with E-state index >= 15 is 0 Å². The summed E-state index contributed by atoms with van der Waals surface area (Å²) in [6.45, 7) is 21.9. The van der Waals surface area contributed by atoms with E-state index < -0.39 is 11.6 Å². The van der Waals surface area contributed by atoms with Gasteiger partial charge in [0.05, 0.1) is 17.6 Å². The van der Waals surface area contributed by atoms with Crippen LogP contribution in [0.5, 0.6) is 5.88 Å². The number of carbonyl (C=O) groups excluding carboxylic acids is 1. The molecular weight excluding hydrogens is 676 g/mol. The lowest BCUT2D eigenvalue weighted by Gasteiger charge is -2.34. The number of anilines is 2. The third-order valence-electron chi connectivity index (χ3n) is 8.75. The van der Waals surface area contributed by atoms with Gasteiger partial charge in [-0.1, -0.05) is 61.8 Å². The minimum Gasteiger partial charge on any atom is -0.477 e. The second kappa shape index (κ2) is 20.5. The summed E-state index contributed by atoms with van der Waals surface area (Å²) in [7, 11) is 0. The van der Waals surface area contributed by atoms with E-state index in [0.29, 0.717) is 23.1 Å². The largest absolute Gasteiger partial charge is 0.477 e. The Balaban J connectivity index is 0.00000105. The molecule has 7 rings (SSSR count). The van der Waals surface area contributed by atoms with Gasteiger partial charge in [0, 0.05) is 42.0 Å². The fourth-order valence-corrected chi connectivity index (χ4v) is 6.63. The Labute approximate surface area is 308 Å². The fraction of sp³-hybridized carbons (Fsp3) is 0.632. The van der Waals surface area contributed by atoms with Crippen molar-refractivity contribution in [1.82, 2.24) is 24.5 Å². The van der Waals surface area contributed by atoms with Gasteiger partial charge in [-0.25, -0.2) is 14.6 Å². The van der Waals surface area contributed by atoms with Gasteiger partial charge >= 0.3 is 6.18 Å². The number of halogens is 3. The predicted molar refractivity (Wildman–Crippen MR) is 204 cm³/mol. The van der Waals surface area contributed by atoms with Crippen molar-refractivity contribution in [2.75, 3.05) is 29.9 Å². The van der Waals surface area contributed by atoms with Crippen molar-refractivity contribution < 1.29 is 22.7 Å². The summed E-state index contributed by atoms with van der Waals surface area (Å²) in [6.07, 6.45) is 3.55. The van der Waals surface area contributed by atoms with E-state index in [1.54, 1.807) is 30.6 Å². The SMILES string of the molecule is CC.CC.CC.CC.CC1(C)CC2CCCCNc3ccc(cn3)SNC(=O)c3ccc(-n4ccc(OCCC5(C(F)(F)F)CC5)n4)nc3N1C2. The van der Waals surface area contributed by atoms with Crippen LogP contribution in [0.3, 0.4) is 0 Å². The molecule has 286 valence electrons. The van der Waals surface area contributed by atoms with E-state index in [2.05, 4.69) is 38.9 Å². The molecule has 51 heavy (non-hydrogen) atoms. The molecule has 0 radical (unpaired) electrons. The summed E-state index contributed by atoms with van der Waals surface area (Å²) in [6, 6.07) is 8.90. The van der Waals surface area contributed by atoms with E-state index in [4.69, 9.17) is 9.72 Å². The second-order valence-corrected chi connectivity index (χ2v) is 13.2. The Morgan fingerprint density at radius 1 is 0.980 bits per heavy atom. The van der Waals surface area contributed by atoms with Gasteiger partial charge in [-0.3, -0.25) is 9.52 Å². The number of aromatic nitrogens is 4. The molecule has 1 atom stereocenters. The van der Waals surface area contributed by atoms with Crippen LogP contribution in [0.2, 0.25) is 0 Å². The number of amides is 1. The highest BCUT2D eigenvalue weighted by atomic mass is 32.2. The van der Waals surface area contributed by atoms with Gasteiger partial charge in [-0.05, 0) is 94.5 Å². The zero-order chi connectivity index (χ0) is 38.2. The highest BCUT2D eigenvalue weighted by Crippen LogP contribution is 2.59. The normalized spacial score (nSPS) is 18.6. The molecule has 6 heterocycles. The summed E-state index contributed by atoms with van der Waals surface area (Å²) in [4.78, 5) is 25.9. The number of hydrogen-bond donors (Lipinski definition) is 2. The third kappa shape index (κ3) is 11.5. The molecule has 1 unspecified atom stereocenters. The summed E-state index contributed by atoms with van der Waals surface area (Å²) < 4.78 is 49.9. The lowest BCUT2D eigenvalue weighted by Crippen LogP contribution is -2.40. The Bertz CT molecular complexity index is 1460. The van der Waals surface area contributed by atoms with Crippen molar-refractivity contribution in [2.24, 2.45) is 11.3 Å². The van der Waals surface area contributed by atoms with Crippen LogP contribution >= 0.6 is 11.9 Å². The molecule has 1 saturated heterocycles. The Hall–Kier alpha value is -3.48. The number of nitrogens with one attached hydrogen (secondary N) is 2. The average Bonchev–Trinajstić information content (AvgIpc) is 3.70. The first-order valence-electron chi connectivity index (χ1n) is 18.7. The lowest BCUT2D eigenvalue weighted by atomic mass is 9.93. The van der Waals surface area contributed by atoms with E-state index in [9.17, 15) is 18.0 Å². The molecule has 4 aliphatic rings. The molecule has 3 aromatic rings. The maximum atomic E-state index is 13.5. The summed E-state index contributed by atoms with van der Waals surface area (Å²) in [5, 5.41) is 7.79. The van der Waals surface area contributed by atoms with Gasteiger partial charge in [-0.2, -0.15) is 13.2 Å². The molecule has 1 saturated carbocycles. The number of carbonyl (C=O) groups is 1. The molecule has 9 nitrogen and oxygen atoms in total. The molecule has 2 N–H and O–H groups in total. The molecule has 0 aromatic carbocycles. The highest BCUT2D eigenvalue weighted by Gasteiger charge is 2.62. The Morgan fingerprint density at radius 2 is 1.69 bits per heavy atom. The van der Waals surface area contributed by atoms with Crippen LogP contribution in [-0.2, 0) is 0 Å². The second-order valence-electron chi connectivity index (χ2n) is 12.3. The standard InChI is InChI=1S/C30H36F3N7O2S.4C2H6/c1-28(2)17-20-5-3-4-14-34-23-8-6-21(18-35-23)43-38-27(41)22-7-9-24(36-26(22)39(28)19-20)40-15-10-25(37-40)42-16-13-29(11-12-29)30(31,32)33;4*1-2/h6-10,15,18,20H,3-5,11-14,16-17,19H2,1-2H3,(H,34,35)(H,38,41);4*1-2H3. The van der Waals surface area contributed by atoms with E-state index in [0.717, 1.165) is 49.5 Å². The van der Waals surface area contributed by atoms with Gasteiger partial charge in [0.15, 0.2) is 5.82 Å². The van der Waals surface area contributed by atoms with Crippen LogP contribution in [-0.4, -0.2) is 57.1 Å². The van der Waals surface area contributed by atoms with Gasteiger partial charge in [0.2, 0.25) is 5.88 Å². The number of hydrogen-bond acceptors (Lipinski definition) is 8. The van der Waals surface area contributed by atoms with Crippen molar-refractivity contribution in [3.8, 4) is 11.7 Å². The van der Waals surface area contributed by atoms with Crippen molar-refractivity contribution >= 4 is 29.5 Å². The minimum atomic E-state index is -4.21. The zero-order valence-electron chi connectivity index (χ0n) is 32.3. The molecule has 0 spiro atoms. The molecule has 13 heteroatoms. The molecule has 3 aromatic heterocycles. The van der Waals surface area contributed by atoms with Crippen molar-refractivity contribution in [1.29, 1.82) is 0 Å². The maximum Gasteiger partial charge on any atom is 0.394 e. The number of rotatable bonds is 5. The van der Waals surface area contributed by atoms with Crippen LogP contribution in [0.15, 0.2) is 47.6 Å². The summed E-state index contributed by atoms with van der Waals surface area (Å²) in [5.74, 6) is 2.28. The van der Waals surface area contributed by atoms with E-state index in [1.807, 2.05) is 67.5 Å². The first kappa shape index (κ1) is 43.7. The summed E-state index contributed by atoms with van der Waals surface area (Å²) in [5.41, 5.74) is -1.39.